The molecule has 0 radical (unpaired) electrons. The van der Waals surface area contributed by atoms with Crippen molar-refractivity contribution in [2.45, 2.75) is 33.2 Å². The molecule has 1 amide bonds. The molecular weight excluding hydrogens is 378 g/mol. The van der Waals surface area contributed by atoms with Crippen LogP contribution in [0.3, 0.4) is 0 Å². The highest BCUT2D eigenvalue weighted by atomic mass is 16.5. The smallest absolute Gasteiger partial charge is 0.222 e. The predicted molar refractivity (Wildman–Crippen MR) is 118 cm³/mol. The molecule has 4 rings (SSSR count). The number of ether oxygens (including phenoxy) is 1. The number of carbonyl (C=O) groups excluding carboxylic acids is 1. The Hall–Kier alpha value is -3.41. The van der Waals surface area contributed by atoms with Gasteiger partial charge in [-0.25, -0.2) is 0 Å². The van der Waals surface area contributed by atoms with E-state index in [2.05, 4.69) is 41.7 Å². The second-order valence-electron chi connectivity index (χ2n) is 7.44. The van der Waals surface area contributed by atoms with Crippen molar-refractivity contribution in [3.05, 3.63) is 70.6 Å². The molecule has 2 heterocycles. The van der Waals surface area contributed by atoms with Crippen LogP contribution >= 0.6 is 0 Å². The molecule has 6 heteroatoms. The number of nitrogens with one attached hydrogen (secondary N) is 1. The fraction of sp³-hybridized carbons (Fsp3) is 0.292. The van der Waals surface area contributed by atoms with Crippen molar-refractivity contribution >= 4 is 11.6 Å². The molecule has 156 valence electrons. The molecule has 2 aromatic carbocycles. The summed E-state index contributed by atoms with van der Waals surface area (Å²) in [5, 5.41) is 7.05. The number of aromatic nitrogens is 1. The van der Waals surface area contributed by atoms with Gasteiger partial charge in [-0.1, -0.05) is 35.0 Å². The molecule has 0 fully saturated rings. The van der Waals surface area contributed by atoms with E-state index < -0.39 is 6.04 Å². The number of aliphatic imine (C=N–C) groups is 1. The van der Waals surface area contributed by atoms with Crippen molar-refractivity contribution in [3.8, 4) is 16.9 Å². The van der Waals surface area contributed by atoms with Crippen LogP contribution in [0.15, 0.2) is 52.0 Å². The molecule has 1 aliphatic heterocycles. The van der Waals surface area contributed by atoms with Gasteiger partial charge in [0.1, 0.15) is 11.8 Å². The third kappa shape index (κ3) is 3.61. The fourth-order valence-electron chi connectivity index (χ4n) is 3.82. The van der Waals surface area contributed by atoms with Gasteiger partial charge in [-0.3, -0.25) is 9.79 Å². The van der Waals surface area contributed by atoms with E-state index in [1.54, 1.807) is 7.11 Å². The zero-order chi connectivity index (χ0) is 21.3. The van der Waals surface area contributed by atoms with Crippen LogP contribution in [0.2, 0.25) is 0 Å². The van der Waals surface area contributed by atoms with Crippen molar-refractivity contribution < 1.29 is 15.5 Å². The van der Waals surface area contributed by atoms with E-state index in [1.807, 2.05) is 32.0 Å². The van der Waals surface area contributed by atoms with E-state index in [0.717, 1.165) is 39.4 Å². The van der Waals surface area contributed by atoms with Crippen molar-refractivity contribution in [1.29, 1.82) is 0 Å². The molecule has 6 nitrogen and oxygen atoms in total. The zero-order valence-electron chi connectivity index (χ0n) is 17.7. The highest BCUT2D eigenvalue weighted by molar-refractivity contribution is 6.17. The summed E-state index contributed by atoms with van der Waals surface area (Å²) in [5.74, 6) is 1.29. The van der Waals surface area contributed by atoms with E-state index >= 15 is 0 Å². The minimum absolute atomic E-state index is 0. The predicted octanol–water partition coefficient (Wildman–Crippen LogP) is 4.63. The summed E-state index contributed by atoms with van der Waals surface area (Å²) in [6.45, 7) is 6.44. The number of methoxy groups -OCH3 is 1. The molecule has 0 aliphatic carbocycles. The molecule has 1 aromatic heterocycles. The van der Waals surface area contributed by atoms with Crippen LogP contribution in [0.5, 0.6) is 5.75 Å². The SMILES string of the molecule is CCNC(=O)C[C@@H]1N=C(c2ccc(C)cc2)c2cc(OC)ccc2-c2c(C)noc21.[HH]. The van der Waals surface area contributed by atoms with E-state index in [0.29, 0.717) is 12.3 Å². The standard InChI is InChI=1S/C24H25N3O3.H2/c1-5-25-21(28)13-20-24-22(15(3)27-30-24)18-11-10-17(29-4)12-19(18)23(26-20)16-8-6-14(2)7-9-16;/h6-12,20H,5,13H2,1-4H3,(H,25,28);1H/t20-;/m0./s1. The Bertz CT molecular complexity index is 1120. The van der Waals surface area contributed by atoms with Gasteiger partial charge < -0.3 is 14.6 Å². The third-order valence-corrected chi connectivity index (χ3v) is 5.31. The number of benzene rings is 2. The lowest BCUT2D eigenvalue weighted by Gasteiger charge is -2.13. The number of carbonyl (C=O) groups is 1. The van der Waals surface area contributed by atoms with Gasteiger partial charge in [-0.2, -0.15) is 0 Å². The van der Waals surface area contributed by atoms with Gasteiger partial charge >= 0.3 is 0 Å². The summed E-state index contributed by atoms with van der Waals surface area (Å²) in [7, 11) is 1.65. The molecule has 30 heavy (non-hydrogen) atoms. The van der Waals surface area contributed by atoms with Gasteiger partial charge in [0.25, 0.3) is 0 Å². The van der Waals surface area contributed by atoms with Crippen LogP contribution in [0.25, 0.3) is 11.1 Å². The van der Waals surface area contributed by atoms with Crippen LogP contribution in [-0.4, -0.2) is 30.4 Å². The minimum atomic E-state index is -0.470. The maximum Gasteiger partial charge on any atom is 0.222 e. The lowest BCUT2D eigenvalue weighted by Crippen LogP contribution is -2.24. The lowest BCUT2D eigenvalue weighted by atomic mass is 9.92. The molecule has 0 bridgehead atoms. The lowest BCUT2D eigenvalue weighted by molar-refractivity contribution is -0.121. The first kappa shape index (κ1) is 19.9. The molecular formula is C24H27N3O3. The number of nitrogens with zero attached hydrogens (tertiary/aromatic N) is 2. The van der Waals surface area contributed by atoms with Crippen LogP contribution in [0, 0.1) is 13.8 Å². The number of fused-ring (bicyclic) bond motifs is 3. The summed E-state index contributed by atoms with van der Waals surface area (Å²) in [6, 6.07) is 13.7. The van der Waals surface area contributed by atoms with E-state index in [1.165, 1.54) is 5.56 Å². The molecule has 3 aromatic rings. The quantitative estimate of drug-likeness (QED) is 0.671. The van der Waals surface area contributed by atoms with Crippen molar-refractivity contribution in [2.24, 2.45) is 4.99 Å². The Morgan fingerprint density at radius 3 is 2.63 bits per heavy atom. The van der Waals surface area contributed by atoms with Crippen molar-refractivity contribution in [2.75, 3.05) is 13.7 Å². The molecule has 0 saturated carbocycles. The maximum atomic E-state index is 12.4. The van der Waals surface area contributed by atoms with Gasteiger partial charge in [-0.15, -0.1) is 0 Å². The Kier molecular flexibility index (Phi) is 5.40. The van der Waals surface area contributed by atoms with Crippen LogP contribution < -0.4 is 10.1 Å². The summed E-state index contributed by atoms with van der Waals surface area (Å²) in [5.41, 5.74) is 6.54. The molecule has 0 spiro atoms. The van der Waals surface area contributed by atoms with E-state index in [4.69, 9.17) is 14.3 Å². The van der Waals surface area contributed by atoms with Gasteiger partial charge in [0, 0.05) is 19.1 Å². The Morgan fingerprint density at radius 2 is 1.93 bits per heavy atom. The second kappa shape index (κ2) is 8.14. The number of hydrogen-bond donors (Lipinski definition) is 1. The fourth-order valence-corrected chi connectivity index (χ4v) is 3.82. The van der Waals surface area contributed by atoms with Crippen molar-refractivity contribution in [3.63, 3.8) is 0 Å². The van der Waals surface area contributed by atoms with Gasteiger partial charge in [0.15, 0.2) is 5.76 Å². The van der Waals surface area contributed by atoms with Gasteiger partial charge in [-0.05, 0) is 44.5 Å². The maximum absolute atomic E-state index is 12.4. The Labute approximate surface area is 177 Å². The topological polar surface area (TPSA) is 76.7 Å². The van der Waals surface area contributed by atoms with Crippen LogP contribution in [0.4, 0.5) is 0 Å². The molecule has 0 unspecified atom stereocenters. The zero-order valence-corrected chi connectivity index (χ0v) is 17.7. The Balaban J connectivity index is 0.00000272. The first-order valence-electron chi connectivity index (χ1n) is 10.1. The minimum Gasteiger partial charge on any atom is -0.497 e. The molecule has 1 N–H and O–H groups in total. The Morgan fingerprint density at radius 1 is 1.17 bits per heavy atom. The molecule has 1 aliphatic rings. The summed E-state index contributed by atoms with van der Waals surface area (Å²) in [4.78, 5) is 17.5. The average molecular weight is 405 g/mol. The van der Waals surface area contributed by atoms with Crippen molar-refractivity contribution in [1.82, 2.24) is 10.5 Å². The van der Waals surface area contributed by atoms with Gasteiger partial charge in [0.05, 0.1) is 30.5 Å². The normalized spacial score (nSPS) is 14.9. The van der Waals surface area contributed by atoms with Gasteiger partial charge in [0.2, 0.25) is 5.91 Å². The highest BCUT2D eigenvalue weighted by Crippen LogP contribution is 2.41. The summed E-state index contributed by atoms with van der Waals surface area (Å²) in [6.07, 6.45) is 0.190. The van der Waals surface area contributed by atoms with E-state index in [9.17, 15) is 4.79 Å². The largest absolute Gasteiger partial charge is 0.497 e. The number of amides is 1. The van der Waals surface area contributed by atoms with Crippen LogP contribution in [-0.2, 0) is 4.79 Å². The number of rotatable bonds is 5. The monoisotopic (exact) mass is 405 g/mol. The summed E-state index contributed by atoms with van der Waals surface area (Å²) >= 11 is 0. The van der Waals surface area contributed by atoms with Crippen LogP contribution in [0.1, 0.15) is 49.0 Å². The van der Waals surface area contributed by atoms with E-state index in [-0.39, 0.29) is 13.8 Å². The molecule has 1 atom stereocenters. The number of hydrogen-bond acceptors (Lipinski definition) is 5. The first-order chi connectivity index (χ1) is 14.5. The summed E-state index contributed by atoms with van der Waals surface area (Å²) < 4.78 is 11.2. The second-order valence-corrected chi connectivity index (χ2v) is 7.44. The average Bonchev–Trinajstić information content (AvgIpc) is 3.06. The highest BCUT2D eigenvalue weighted by Gasteiger charge is 2.31. The molecule has 0 saturated heterocycles. The third-order valence-electron chi connectivity index (χ3n) is 5.31. The number of aryl methyl sites for hydroxylation is 2. The first-order valence-corrected chi connectivity index (χ1v) is 10.1.